The highest BCUT2D eigenvalue weighted by atomic mass is 19.4. The fourth-order valence-electron chi connectivity index (χ4n) is 2.71. The van der Waals surface area contributed by atoms with Gasteiger partial charge in [-0.2, -0.15) is 13.2 Å². The number of benzene rings is 2. The quantitative estimate of drug-likeness (QED) is 0.564. The second-order valence-corrected chi connectivity index (χ2v) is 7.17. The molecule has 0 fully saturated rings. The van der Waals surface area contributed by atoms with Gasteiger partial charge in [-0.3, -0.25) is 4.79 Å². The molecule has 0 aliphatic rings. The molecule has 0 aliphatic carbocycles. The maximum atomic E-state index is 12.8. The first-order valence-corrected chi connectivity index (χ1v) is 9.22. The summed E-state index contributed by atoms with van der Waals surface area (Å²) < 4.78 is 44.1. The Hall–Kier alpha value is -3.80. The highest BCUT2D eigenvalue weighted by molar-refractivity contribution is 5.86. The third kappa shape index (κ3) is 4.86. The van der Waals surface area contributed by atoms with E-state index in [0.717, 1.165) is 12.1 Å². The minimum Gasteiger partial charge on any atom is -0.419 e. The van der Waals surface area contributed by atoms with Crippen LogP contribution in [0.5, 0.6) is 0 Å². The van der Waals surface area contributed by atoms with E-state index < -0.39 is 17.2 Å². The number of aromatic nitrogens is 2. The Bertz CT molecular complexity index is 1110. The van der Waals surface area contributed by atoms with Crippen LogP contribution in [0.1, 0.15) is 25.3 Å². The lowest BCUT2D eigenvalue weighted by molar-refractivity contribution is -0.137. The minimum atomic E-state index is -4.41. The molecule has 0 unspecified atom stereocenters. The molecule has 3 rings (SSSR count). The van der Waals surface area contributed by atoms with Gasteiger partial charge in [-0.05, 0) is 50.2 Å². The highest BCUT2D eigenvalue weighted by Gasteiger charge is 2.36. The largest absolute Gasteiger partial charge is 0.419 e. The van der Waals surface area contributed by atoms with Crippen molar-refractivity contribution in [1.29, 1.82) is 0 Å². The third-order valence-electron chi connectivity index (χ3n) is 4.53. The maximum Gasteiger partial charge on any atom is 0.416 e. The second-order valence-electron chi connectivity index (χ2n) is 7.17. The third-order valence-corrected chi connectivity index (χ3v) is 4.53. The number of alkyl halides is 3. The number of nitrogens with zero attached hydrogens (tertiary/aromatic N) is 2. The van der Waals surface area contributed by atoms with Crippen molar-refractivity contribution in [1.82, 2.24) is 15.5 Å². The number of hydrogen-bond acceptors (Lipinski definition) is 5. The molecule has 0 radical (unpaired) electrons. The lowest BCUT2D eigenvalue weighted by atomic mass is 9.92. The summed E-state index contributed by atoms with van der Waals surface area (Å²) in [6.45, 7) is 3.33. The first-order chi connectivity index (χ1) is 14.6. The predicted octanol–water partition coefficient (Wildman–Crippen LogP) is 4.53. The zero-order valence-corrected chi connectivity index (χ0v) is 16.7. The molecule has 1 heterocycles. The van der Waals surface area contributed by atoms with Crippen LogP contribution in [-0.2, 0) is 16.4 Å². The molecule has 0 atom stereocenters. The average Bonchev–Trinajstić information content (AvgIpc) is 3.23. The van der Waals surface area contributed by atoms with Crippen LogP contribution in [0, 0.1) is 12.3 Å². The Kier molecular flexibility index (Phi) is 6.02. The van der Waals surface area contributed by atoms with Crippen LogP contribution in [0.4, 0.5) is 24.5 Å². The maximum absolute atomic E-state index is 12.8. The van der Waals surface area contributed by atoms with E-state index in [4.69, 9.17) is 10.8 Å². The average molecular weight is 428 g/mol. The molecule has 9 heteroatoms. The van der Waals surface area contributed by atoms with Crippen molar-refractivity contribution in [3.05, 3.63) is 60.0 Å². The minimum absolute atomic E-state index is 0.0726. The molecule has 2 aromatic carbocycles. The number of carbonyl (C=O) groups is 1. The summed E-state index contributed by atoms with van der Waals surface area (Å²) in [6, 6.07) is 11.6. The Labute approximate surface area is 176 Å². The molecular weight excluding hydrogens is 409 g/mol. The van der Waals surface area contributed by atoms with Crippen LogP contribution in [0.2, 0.25) is 0 Å². The second kappa shape index (κ2) is 8.52. The summed E-state index contributed by atoms with van der Waals surface area (Å²) >= 11 is 0. The van der Waals surface area contributed by atoms with E-state index in [-0.39, 0.29) is 24.2 Å². The fraction of sp³-hybridized carbons (Fsp3) is 0.227. The highest BCUT2D eigenvalue weighted by Crippen LogP contribution is 2.33. The van der Waals surface area contributed by atoms with Crippen molar-refractivity contribution < 1.29 is 22.4 Å². The van der Waals surface area contributed by atoms with E-state index in [9.17, 15) is 18.0 Å². The van der Waals surface area contributed by atoms with Gasteiger partial charge in [-0.1, -0.05) is 18.1 Å². The molecule has 31 heavy (non-hydrogen) atoms. The number of hydrogen-bond donors (Lipinski definition) is 2. The van der Waals surface area contributed by atoms with Crippen LogP contribution >= 0.6 is 0 Å². The molecule has 0 spiro atoms. The van der Waals surface area contributed by atoms with E-state index >= 15 is 0 Å². The normalized spacial score (nSPS) is 11.6. The molecule has 0 aliphatic heterocycles. The molecule has 6 nitrogen and oxygen atoms in total. The van der Waals surface area contributed by atoms with E-state index in [1.807, 2.05) is 0 Å². The summed E-state index contributed by atoms with van der Waals surface area (Å²) in [5.41, 5.74) is -0.321. The predicted molar refractivity (Wildman–Crippen MR) is 109 cm³/mol. The molecule has 1 aromatic heterocycles. The number of anilines is 2. The van der Waals surface area contributed by atoms with E-state index in [2.05, 4.69) is 26.8 Å². The van der Waals surface area contributed by atoms with Crippen molar-refractivity contribution in [3.63, 3.8) is 0 Å². The number of para-hydroxylation sites is 1. The number of halogens is 3. The molecule has 0 bridgehead atoms. The Balaban J connectivity index is 1.86. The Morgan fingerprint density at radius 1 is 1.10 bits per heavy atom. The van der Waals surface area contributed by atoms with Crippen molar-refractivity contribution in [3.8, 4) is 23.8 Å². The van der Waals surface area contributed by atoms with Gasteiger partial charge in [0.1, 0.15) is 5.41 Å². The van der Waals surface area contributed by atoms with Crippen molar-refractivity contribution >= 4 is 17.3 Å². The van der Waals surface area contributed by atoms with Gasteiger partial charge in [-0.15, -0.1) is 16.6 Å². The van der Waals surface area contributed by atoms with Crippen LogP contribution in [0.3, 0.4) is 0 Å². The number of amides is 1. The van der Waals surface area contributed by atoms with Crippen LogP contribution in [0.15, 0.2) is 52.9 Å². The smallest absolute Gasteiger partial charge is 0.416 e. The molecule has 2 N–H and O–H groups in total. The zero-order valence-electron chi connectivity index (χ0n) is 16.7. The Morgan fingerprint density at radius 3 is 2.42 bits per heavy atom. The molecule has 3 aromatic rings. The molecule has 1 amide bonds. The zero-order chi connectivity index (χ0) is 22.6. The van der Waals surface area contributed by atoms with Crippen LogP contribution in [-0.4, -0.2) is 22.6 Å². The number of nitrogens with one attached hydrogen (secondary N) is 2. The molecule has 0 saturated heterocycles. The van der Waals surface area contributed by atoms with E-state index in [1.54, 1.807) is 38.1 Å². The molecule has 160 valence electrons. The van der Waals surface area contributed by atoms with Crippen molar-refractivity contribution in [2.45, 2.75) is 25.4 Å². The van der Waals surface area contributed by atoms with Gasteiger partial charge in [0.25, 0.3) is 0 Å². The summed E-state index contributed by atoms with van der Waals surface area (Å²) in [5, 5.41) is 13.7. The lowest BCUT2D eigenvalue weighted by Gasteiger charge is -2.18. The molecule has 0 saturated carbocycles. The summed E-state index contributed by atoms with van der Waals surface area (Å²) in [7, 11) is 0. The fourth-order valence-corrected chi connectivity index (χ4v) is 2.71. The SMILES string of the molecule is C#CCNC(=O)C(C)(C)c1nnc(-c2ccccc2Nc2ccc(C(F)(F)F)cc2)o1. The first kappa shape index (κ1) is 21.9. The monoisotopic (exact) mass is 428 g/mol. The van der Waals surface area contributed by atoms with E-state index in [1.165, 1.54) is 12.1 Å². The van der Waals surface area contributed by atoms with Gasteiger partial charge >= 0.3 is 6.18 Å². The van der Waals surface area contributed by atoms with Crippen molar-refractivity contribution in [2.75, 3.05) is 11.9 Å². The first-order valence-electron chi connectivity index (χ1n) is 9.22. The van der Waals surface area contributed by atoms with Gasteiger partial charge in [0, 0.05) is 5.69 Å². The summed E-state index contributed by atoms with van der Waals surface area (Å²) in [4.78, 5) is 12.3. The topological polar surface area (TPSA) is 80.0 Å². The number of terminal acetylenes is 1. The summed E-state index contributed by atoms with van der Waals surface area (Å²) in [5.74, 6) is 2.22. The Morgan fingerprint density at radius 2 is 1.77 bits per heavy atom. The van der Waals surface area contributed by atoms with Crippen molar-refractivity contribution in [2.24, 2.45) is 0 Å². The molecular formula is C22H19F3N4O2. The van der Waals surface area contributed by atoms with Crippen LogP contribution < -0.4 is 10.6 Å². The van der Waals surface area contributed by atoms with E-state index in [0.29, 0.717) is 16.9 Å². The van der Waals surface area contributed by atoms with Gasteiger partial charge in [-0.25, -0.2) is 0 Å². The van der Waals surface area contributed by atoms with Gasteiger partial charge in [0.05, 0.1) is 23.4 Å². The number of rotatable bonds is 6. The standard InChI is InChI=1S/C22H19F3N4O2/c1-4-13-26-19(30)21(2,3)20-29-28-18(31-20)16-7-5-6-8-17(16)27-15-11-9-14(10-12-15)22(23,24)25/h1,5-12,27H,13H2,2-3H3,(H,26,30). The summed E-state index contributed by atoms with van der Waals surface area (Å²) in [6.07, 6.45) is 0.763. The lowest BCUT2D eigenvalue weighted by Crippen LogP contribution is -2.40. The van der Waals surface area contributed by atoms with Gasteiger partial charge < -0.3 is 15.1 Å². The van der Waals surface area contributed by atoms with Gasteiger partial charge in [0.15, 0.2) is 0 Å². The number of carbonyl (C=O) groups excluding carboxylic acids is 1. The van der Waals surface area contributed by atoms with Gasteiger partial charge in [0.2, 0.25) is 17.7 Å². The van der Waals surface area contributed by atoms with Crippen LogP contribution in [0.25, 0.3) is 11.5 Å².